The Hall–Kier alpha value is -3.22. The molecule has 0 bridgehead atoms. The molecule has 7 heteroatoms. The van der Waals surface area contributed by atoms with Gasteiger partial charge in [0.15, 0.2) is 0 Å². The highest BCUT2D eigenvalue weighted by Crippen LogP contribution is 2.23. The summed E-state index contributed by atoms with van der Waals surface area (Å²) in [5.74, 6) is -2.69. The van der Waals surface area contributed by atoms with Crippen LogP contribution in [0.2, 0.25) is 0 Å². The van der Waals surface area contributed by atoms with Crippen LogP contribution in [0.25, 0.3) is 0 Å². The number of nitrogens with one attached hydrogen (secondary N) is 1. The average Bonchev–Trinajstić information content (AvgIpc) is 2.77. The van der Waals surface area contributed by atoms with E-state index in [0.717, 1.165) is 17.0 Å². The van der Waals surface area contributed by atoms with Gasteiger partial charge in [0.05, 0.1) is 23.4 Å². The lowest BCUT2D eigenvalue weighted by Gasteiger charge is -2.15. The van der Waals surface area contributed by atoms with Crippen molar-refractivity contribution in [2.75, 3.05) is 12.0 Å². The molecular weight excluding hydrogens is 303 g/mol. The minimum Gasteiger partial charge on any atom is -0.478 e. The second kappa shape index (κ2) is 5.53. The Labute approximate surface area is 130 Å². The number of fused-ring (bicyclic) bond motifs is 1. The number of rotatable bonds is 4. The molecule has 2 N–H and O–H groups in total. The molecule has 1 heterocycles. The molecule has 1 aliphatic rings. The topological polar surface area (TPSA) is 86.7 Å². The molecule has 0 atom stereocenters. The van der Waals surface area contributed by atoms with E-state index in [-0.39, 0.29) is 23.4 Å². The summed E-state index contributed by atoms with van der Waals surface area (Å²) in [5.41, 5.74) is 0.891. The third-order valence-electron chi connectivity index (χ3n) is 3.51. The number of anilines is 1. The largest absolute Gasteiger partial charge is 0.478 e. The van der Waals surface area contributed by atoms with E-state index in [1.807, 2.05) is 0 Å². The monoisotopic (exact) mass is 314 g/mol. The van der Waals surface area contributed by atoms with Gasteiger partial charge in [-0.05, 0) is 42.5 Å². The van der Waals surface area contributed by atoms with Crippen molar-refractivity contribution in [3.8, 4) is 0 Å². The van der Waals surface area contributed by atoms with Crippen molar-refractivity contribution in [2.24, 2.45) is 0 Å². The van der Waals surface area contributed by atoms with E-state index in [9.17, 15) is 18.8 Å². The fraction of sp³-hybridized carbons (Fsp3) is 0.0625. The summed E-state index contributed by atoms with van der Waals surface area (Å²) in [5, 5.41) is 11.7. The van der Waals surface area contributed by atoms with Crippen molar-refractivity contribution in [3.63, 3.8) is 0 Å². The van der Waals surface area contributed by atoms with Crippen LogP contribution in [0.15, 0.2) is 42.5 Å². The summed E-state index contributed by atoms with van der Waals surface area (Å²) in [7, 11) is 0. The minimum absolute atomic E-state index is 0.0398. The lowest BCUT2D eigenvalue weighted by molar-refractivity contribution is 0.0661. The second-order valence-corrected chi connectivity index (χ2v) is 4.95. The van der Waals surface area contributed by atoms with Crippen LogP contribution >= 0.6 is 0 Å². The normalized spacial score (nSPS) is 13.2. The van der Waals surface area contributed by atoms with Crippen LogP contribution in [0.1, 0.15) is 31.1 Å². The molecule has 3 rings (SSSR count). The molecule has 116 valence electrons. The number of hydrogen-bond acceptors (Lipinski definition) is 4. The van der Waals surface area contributed by atoms with Crippen LogP contribution < -0.4 is 5.32 Å². The van der Waals surface area contributed by atoms with E-state index in [1.165, 1.54) is 30.3 Å². The molecule has 0 aliphatic carbocycles. The van der Waals surface area contributed by atoms with Gasteiger partial charge in [-0.25, -0.2) is 9.18 Å². The molecule has 1 aliphatic heterocycles. The summed E-state index contributed by atoms with van der Waals surface area (Å²) in [6.07, 6.45) is 0. The van der Waals surface area contributed by atoms with E-state index in [4.69, 9.17) is 5.11 Å². The van der Waals surface area contributed by atoms with Gasteiger partial charge < -0.3 is 10.4 Å². The van der Waals surface area contributed by atoms with Crippen molar-refractivity contribution in [1.82, 2.24) is 4.90 Å². The van der Waals surface area contributed by atoms with Crippen LogP contribution in [-0.4, -0.2) is 34.5 Å². The Morgan fingerprint density at radius 1 is 1.04 bits per heavy atom. The molecular formula is C16H11FN2O4. The molecule has 6 nitrogen and oxygen atoms in total. The van der Waals surface area contributed by atoms with Crippen LogP contribution in [0.4, 0.5) is 10.1 Å². The van der Waals surface area contributed by atoms with E-state index < -0.39 is 23.6 Å². The number of carboxylic acids is 1. The van der Waals surface area contributed by atoms with Gasteiger partial charge in [-0.3, -0.25) is 14.5 Å². The average molecular weight is 314 g/mol. The van der Waals surface area contributed by atoms with Gasteiger partial charge in [-0.1, -0.05) is 0 Å². The van der Waals surface area contributed by atoms with Gasteiger partial charge in [-0.2, -0.15) is 0 Å². The molecule has 0 saturated carbocycles. The number of nitrogens with zero attached hydrogens (tertiary/aromatic N) is 1. The number of aromatic carboxylic acids is 1. The Kier molecular flexibility index (Phi) is 3.53. The van der Waals surface area contributed by atoms with Crippen LogP contribution in [0.3, 0.4) is 0 Å². The zero-order valence-corrected chi connectivity index (χ0v) is 11.7. The van der Waals surface area contributed by atoms with Gasteiger partial charge in [0.25, 0.3) is 11.8 Å². The van der Waals surface area contributed by atoms with Crippen molar-refractivity contribution < 1.29 is 23.9 Å². The maximum absolute atomic E-state index is 13.2. The standard InChI is InChI=1S/C16H11FN2O4/c17-10-3-6-12-13(7-10)15(21)19(14(12)20)8-18-11-4-1-9(2-5-11)16(22)23/h1-7,18H,8H2,(H,22,23). The first kappa shape index (κ1) is 14.7. The predicted octanol–water partition coefficient (Wildman–Crippen LogP) is 2.19. The molecule has 0 spiro atoms. The van der Waals surface area contributed by atoms with Crippen LogP contribution in [0, 0.1) is 5.82 Å². The van der Waals surface area contributed by atoms with Crippen LogP contribution in [0.5, 0.6) is 0 Å². The van der Waals surface area contributed by atoms with Crippen LogP contribution in [-0.2, 0) is 0 Å². The Morgan fingerprint density at radius 3 is 2.35 bits per heavy atom. The number of carboxylic acid groups (broad SMARTS) is 1. The summed E-state index contributed by atoms with van der Waals surface area (Å²) >= 11 is 0. The number of imide groups is 1. The molecule has 0 radical (unpaired) electrons. The second-order valence-electron chi connectivity index (χ2n) is 4.95. The van der Waals surface area contributed by atoms with Crippen molar-refractivity contribution >= 4 is 23.5 Å². The van der Waals surface area contributed by atoms with Gasteiger partial charge in [0.1, 0.15) is 5.82 Å². The first-order chi connectivity index (χ1) is 11.0. The van der Waals surface area contributed by atoms with Gasteiger partial charge in [0, 0.05) is 5.69 Å². The highest BCUT2D eigenvalue weighted by molar-refractivity contribution is 6.21. The maximum atomic E-state index is 13.2. The fourth-order valence-corrected chi connectivity index (χ4v) is 2.31. The number of hydrogen-bond donors (Lipinski definition) is 2. The molecule has 2 aromatic rings. The van der Waals surface area contributed by atoms with Crippen molar-refractivity contribution in [3.05, 3.63) is 65.0 Å². The highest BCUT2D eigenvalue weighted by atomic mass is 19.1. The zero-order valence-electron chi connectivity index (χ0n) is 11.7. The number of carbonyl (C=O) groups is 3. The SMILES string of the molecule is O=C(O)c1ccc(NCN2C(=O)c3ccc(F)cc3C2=O)cc1. The quantitative estimate of drug-likeness (QED) is 0.845. The van der Waals surface area contributed by atoms with E-state index in [1.54, 1.807) is 0 Å². The fourth-order valence-electron chi connectivity index (χ4n) is 2.31. The summed E-state index contributed by atoms with van der Waals surface area (Å²) in [6, 6.07) is 9.32. The first-order valence-corrected chi connectivity index (χ1v) is 6.70. The summed E-state index contributed by atoms with van der Waals surface area (Å²) in [4.78, 5) is 36.0. The molecule has 2 aromatic carbocycles. The maximum Gasteiger partial charge on any atom is 0.335 e. The van der Waals surface area contributed by atoms with E-state index in [0.29, 0.717) is 5.69 Å². The van der Waals surface area contributed by atoms with Gasteiger partial charge in [0.2, 0.25) is 0 Å². The molecule has 2 amide bonds. The van der Waals surface area contributed by atoms with Crippen molar-refractivity contribution in [1.29, 1.82) is 0 Å². The zero-order chi connectivity index (χ0) is 16.6. The van der Waals surface area contributed by atoms with Gasteiger partial charge >= 0.3 is 5.97 Å². The van der Waals surface area contributed by atoms with Gasteiger partial charge in [-0.15, -0.1) is 0 Å². The lowest BCUT2D eigenvalue weighted by Crippen LogP contribution is -2.34. The summed E-state index contributed by atoms with van der Waals surface area (Å²) in [6.45, 7) is -0.0968. The Bertz CT molecular complexity index is 817. The molecule has 0 saturated heterocycles. The van der Waals surface area contributed by atoms with E-state index >= 15 is 0 Å². The Morgan fingerprint density at radius 2 is 1.70 bits per heavy atom. The number of amides is 2. The third-order valence-corrected chi connectivity index (χ3v) is 3.51. The Balaban J connectivity index is 1.73. The lowest BCUT2D eigenvalue weighted by atomic mass is 10.1. The number of halogens is 1. The molecule has 0 fully saturated rings. The molecule has 0 aromatic heterocycles. The molecule has 0 unspecified atom stereocenters. The van der Waals surface area contributed by atoms with E-state index in [2.05, 4.69) is 5.32 Å². The highest BCUT2D eigenvalue weighted by Gasteiger charge is 2.35. The molecule has 23 heavy (non-hydrogen) atoms. The predicted molar refractivity (Wildman–Crippen MR) is 78.8 cm³/mol. The summed E-state index contributed by atoms with van der Waals surface area (Å²) < 4.78 is 13.2. The minimum atomic E-state index is -1.04. The van der Waals surface area contributed by atoms with Crippen molar-refractivity contribution in [2.45, 2.75) is 0 Å². The third kappa shape index (κ3) is 2.64. The number of benzene rings is 2. The number of carbonyl (C=O) groups excluding carboxylic acids is 2. The first-order valence-electron chi connectivity index (χ1n) is 6.70. The smallest absolute Gasteiger partial charge is 0.335 e.